The number of hydrogen-bond donors (Lipinski definition) is 2. The van der Waals surface area contributed by atoms with E-state index in [0.717, 1.165) is 11.1 Å². The van der Waals surface area contributed by atoms with Crippen molar-refractivity contribution in [1.29, 1.82) is 0 Å². The number of thioether (sulfide) groups is 1. The van der Waals surface area contributed by atoms with Gasteiger partial charge >= 0.3 is 0 Å². The third-order valence-corrected chi connectivity index (χ3v) is 5.71. The summed E-state index contributed by atoms with van der Waals surface area (Å²) in [7, 11) is 0. The van der Waals surface area contributed by atoms with E-state index in [1.165, 1.54) is 0 Å². The van der Waals surface area contributed by atoms with Crippen molar-refractivity contribution in [3.05, 3.63) is 70.7 Å². The van der Waals surface area contributed by atoms with Gasteiger partial charge in [-0.25, -0.2) is 0 Å². The molecule has 0 aromatic heterocycles. The maximum Gasteiger partial charge on any atom is 0.230 e. The lowest BCUT2D eigenvalue weighted by atomic mass is 10.0. The second-order valence-electron chi connectivity index (χ2n) is 6.80. The first-order valence-corrected chi connectivity index (χ1v) is 10.9. The summed E-state index contributed by atoms with van der Waals surface area (Å²) in [6.07, 6.45) is 0.716. The van der Waals surface area contributed by atoms with Gasteiger partial charge in [-0.05, 0) is 29.7 Å². The lowest BCUT2D eigenvalue weighted by Crippen LogP contribution is -2.32. The van der Waals surface area contributed by atoms with E-state index in [-0.39, 0.29) is 23.0 Å². The molecule has 0 radical (unpaired) electrons. The molecule has 4 nitrogen and oxygen atoms in total. The average molecular weight is 419 g/mol. The van der Waals surface area contributed by atoms with Crippen LogP contribution < -0.4 is 10.6 Å². The first-order valence-electron chi connectivity index (χ1n) is 9.44. The molecule has 0 saturated carbocycles. The minimum atomic E-state index is -0.0196. The fourth-order valence-corrected chi connectivity index (χ4v) is 3.84. The molecular weight excluding hydrogens is 392 g/mol. The first-order chi connectivity index (χ1) is 13.5. The Morgan fingerprint density at radius 3 is 2.18 bits per heavy atom. The Kier molecular flexibility index (Phi) is 9.38. The van der Waals surface area contributed by atoms with Crippen molar-refractivity contribution in [3.63, 3.8) is 0 Å². The molecule has 2 aromatic rings. The van der Waals surface area contributed by atoms with Crippen LogP contribution in [-0.2, 0) is 9.59 Å². The van der Waals surface area contributed by atoms with E-state index in [4.69, 9.17) is 11.6 Å². The van der Waals surface area contributed by atoms with Crippen LogP contribution in [0.1, 0.15) is 36.6 Å². The molecule has 0 spiro atoms. The highest BCUT2D eigenvalue weighted by atomic mass is 35.5. The molecule has 28 heavy (non-hydrogen) atoms. The highest BCUT2D eigenvalue weighted by Gasteiger charge is 2.16. The second-order valence-corrected chi connectivity index (χ2v) is 8.33. The Bertz CT molecular complexity index is 751. The number of hydrogen-bond acceptors (Lipinski definition) is 3. The van der Waals surface area contributed by atoms with Crippen LogP contribution in [0.2, 0.25) is 5.02 Å². The smallest absolute Gasteiger partial charge is 0.230 e. The zero-order valence-corrected chi connectivity index (χ0v) is 17.9. The minimum absolute atomic E-state index is 0.00455. The number of rotatable bonds is 10. The van der Waals surface area contributed by atoms with Gasteiger partial charge in [-0.3, -0.25) is 9.59 Å². The number of carbonyl (C=O) groups is 2. The van der Waals surface area contributed by atoms with Crippen LogP contribution in [0.25, 0.3) is 0 Å². The molecule has 0 aliphatic carbocycles. The predicted molar refractivity (Wildman–Crippen MR) is 118 cm³/mol. The number of amides is 2. The van der Waals surface area contributed by atoms with E-state index in [9.17, 15) is 9.59 Å². The summed E-state index contributed by atoms with van der Waals surface area (Å²) >= 11 is 7.60. The number of benzene rings is 2. The van der Waals surface area contributed by atoms with Crippen molar-refractivity contribution >= 4 is 35.2 Å². The average Bonchev–Trinajstić information content (AvgIpc) is 2.69. The zero-order valence-electron chi connectivity index (χ0n) is 16.3. The van der Waals surface area contributed by atoms with E-state index < -0.39 is 0 Å². The third-order valence-electron chi connectivity index (χ3n) is 4.16. The summed E-state index contributed by atoms with van der Waals surface area (Å²) in [5.74, 6) is 0.375. The van der Waals surface area contributed by atoms with Crippen molar-refractivity contribution in [1.82, 2.24) is 10.6 Å². The van der Waals surface area contributed by atoms with Crippen LogP contribution in [0.4, 0.5) is 0 Å². The number of halogens is 1. The van der Waals surface area contributed by atoms with Crippen molar-refractivity contribution in [2.75, 3.05) is 18.8 Å². The summed E-state index contributed by atoms with van der Waals surface area (Å²) in [6, 6.07) is 17.9. The van der Waals surface area contributed by atoms with E-state index in [0.29, 0.717) is 30.3 Å². The molecule has 0 aliphatic heterocycles. The summed E-state index contributed by atoms with van der Waals surface area (Å²) in [5, 5.41) is 6.53. The molecule has 0 aliphatic rings. The van der Waals surface area contributed by atoms with Gasteiger partial charge in [-0.15, -0.1) is 11.8 Å². The zero-order chi connectivity index (χ0) is 20.4. The molecule has 2 rings (SSSR count). The predicted octanol–water partition coefficient (Wildman–Crippen LogP) is 4.44. The van der Waals surface area contributed by atoms with E-state index >= 15 is 0 Å². The topological polar surface area (TPSA) is 58.2 Å². The van der Waals surface area contributed by atoms with Gasteiger partial charge in [0, 0.05) is 24.0 Å². The van der Waals surface area contributed by atoms with Crippen LogP contribution in [0.15, 0.2) is 54.6 Å². The van der Waals surface area contributed by atoms with Gasteiger partial charge in [0.05, 0.1) is 11.0 Å². The summed E-state index contributed by atoms with van der Waals surface area (Å²) in [4.78, 5) is 23.7. The lowest BCUT2D eigenvalue weighted by molar-refractivity contribution is -0.123. The maximum absolute atomic E-state index is 12.2. The van der Waals surface area contributed by atoms with E-state index in [1.54, 1.807) is 11.8 Å². The fourth-order valence-electron chi connectivity index (χ4n) is 2.59. The van der Waals surface area contributed by atoms with Crippen LogP contribution in [0.5, 0.6) is 0 Å². The first kappa shape index (κ1) is 22.3. The molecular formula is C22H27ClN2O2S. The highest BCUT2D eigenvalue weighted by molar-refractivity contribution is 8.00. The van der Waals surface area contributed by atoms with Crippen LogP contribution >= 0.6 is 23.4 Å². The Morgan fingerprint density at radius 1 is 0.929 bits per heavy atom. The molecule has 1 atom stereocenters. The minimum Gasteiger partial charge on any atom is -0.356 e. The molecule has 2 aromatic carbocycles. The number of nitrogens with one attached hydrogen (secondary N) is 2. The monoisotopic (exact) mass is 418 g/mol. The quantitative estimate of drug-likeness (QED) is 0.561. The third kappa shape index (κ3) is 7.56. The van der Waals surface area contributed by atoms with Crippen molar-refractivity contribution < 1.29 is 9.59 Å². The molecule has 0 bridgehead atoms. The van der Waals surface area contributed by atoms with Gasteiger partial charge in [-0.1, -0.05) is 67.9 Å². The van der Waals surface area contributed by atoms with Gasteiger partial charge in [0.25, 0.3) is 0 Å². The summed E-state index contributed by atoms with van der Waals surface area (Å²) in [5.41, 5.74) is 2.27. The van der Waals surface area contributed by atoms with Gasteiger partial charge in [-0.2, -0.15) is 0 Å². The molecule has 2 N–H and O–H groups in total. The largest absolute Gasteiger partial charge is 0.356 e. The van der Waals surface area contributed by atoms with Gasteiger partial charge < -0.3 is 10.6 Å². The number of carbonyl (C=O) groups excluding carboxylic acids is 2. The Morgan fingerprint density at radius 2 is 1.54 bits per heavy atom. The molecule has 2 amide bonds. The highest BCUT2D eigenvalue weighted by Crippen LogP contribution is 2.35. The van der Waals surface area contributed by atoms with E-state index in [1.807, 2.05) is 56.3 Å². The maximum atomic E-state index is 12.2. The van der Waals surface area contributed by atoms with Gasteiger partial charge in [0.1, 0.15) is 0 Å². The van der Waals surface area contributed by atoms with E-state index in [2.05, 4.69) is 22.8 Å². The summed E-state index contributed by atoms with van der Waals surface area (Å²) < 4.78 is 0. The SMILES string of the molecule is CC(C)C(=O)NCCCNC(=O)CS[C@@H](c1ccccc1)c1ccc(Cl)cc1. The lowest BCUT2D eigenvalue weighted by Gasteiger charge is -2.18. The second kappa shape index (κ2) is 11.8. The Balaban J connectivity index is 1.83. The van der Waals surface area contributed by atoms with Crippen molar-refractivity contribution in [2.24, 2.45) is 5.92 Å². The van der Waals surface area contributed by atoms with Crippen molar-refractivity contribution in [3.8, 4) is 0 Å². The summed E-state index contributed by atoms with van der Waals surface area (Å²) in [6.45, 7) is 4.84. The fraction of sp³-hybridized carbons (Fsp3) is 0.364. The van der Waals surface area contributed by atoms with Crippen LogP contribution in [0.3, 0.4) is 0 Å². The molecule has 0 fully saturated rings. The molecule has 0 unspecified atom stereocenters. The van der Waals surface area contributed by atoms with Crippen molar-refractivity contribution in [2.45, 2.75) is 25.5 Å². The van der Waals surface area contributed by atoms with Crippen LogP contribution in [-0.4, -0.2) is 30.7 Å². The normalized spacial score (nSPS) is 11.9. The standard InChI is InChI=1S/C22H27ClN2O2S/c1-16(2)22(27)25-14-6-13-24-20(26)15-28-21(17-7-4-3-5-8-17)18-9-11-19(23)12-10-18/h3-5,7-12,16,21H,6,13-15H2,1-2H3,(H,24,26)(H,25,27)/t21-/m0/s1. The molecule has 0 heterocycles. The molecule has 0 saturated heterocycles. The Hall–Kier alpha value is -1.98. The van der Waals surface area contributed by atoms with Crippen LogP contribution in [0, 0.1) is 5.92 Å². The Labute approximate surface area is 176 Å². The molecule has 150 valence electrons. The van der Waals surface area contributed by atoms with Gasteiger partial charge in [0.15, 0.2) is 0 Å². The van der Waals surface area contributed by atoms with Gasteiger partial charge in [0.2, 0.25) is 11.8 Å². The molecule has 6 heteroatoms.